The lowest BCUT2D eigenvalue weighted by atomic mass is 9.85. The van der Waals surface area contributed by atoms with Gasteiger partial charge in [0.2, 0.25) is 5.91 Å². The second-order valence-electron chi connectivity index (χ2n) is 8.38. The van der Waals surface area contributed by atoms with E-state index in [-0.39, 0.29) is 22.9 Å². The molecule has 5 nitrogen and oxygen atoms in total. The lowest BCUT2D eigenvalue weighted by molar-refractivity contribution is -0.178. The fraction of sp³-hybridized carbons (Fsp3) is 0.417. The lowest BCUT2D eigenvalue weighted by Crippen LogP contribution is -2.34. The number of carboxylic acids is 1. The van der Waals surface area contributed by atoms with Crippen molar-refractivity contribution in [2.75, 3.05) is 11.9 Å². The highest BCUT2D eigenvalue weighted by Gasteiger charge is 2.57. The van der Waals surface area contributed by atoms with E-state index in [9.17, 15) is 27.9 Å². The first-order chi connectivity index (χ1) is 15.9. The normalized spacial score (nSPS) is 17.5. The van der Waals surface area contributed by atoms with Crippen molar-refractivity contribution in [2.45, 2.75) is 44.9 Å². The smallest absolute Gasteiger partial charge is 0.392 e. The third-order valence-corrected chi connectivity index (χ3v) is 6.71. The van der Waals surface area contributed by atoms with Gasteiger partial charge in [0.25, 0.3) is 0 Å². The predicted octanol–water partition coefficient (Wildman–Crippen LogP) is 6.86. The molecule has 0 heterocycles. The van der Waals surface area contributed by atoms with Gasteiger partial charge >= 0.3 is 12.1 Å². The summed E-state index contributed by atoms with van der Waals surface area (Å²) in [5.74, 6) is -5.45. The molecule has 2 aromatic carbocycles. The SMILES string of the molecule is CCOC(c1ccc(Cl)c(NC(=O)[C@H](c2ccc(Cl)cc2)[C@@H](C)C(F)(F)F)c1)C1(C(=O)O)CC1. The molecule has 0 radical (unpaired) electrons. The largest absolute Gasteiger partial charge is 0.481 e. The number of hydrogen-bond donors (Lipinski definition) is 2. The van der Waals surface area contributed by atoms with E-state index in [2.05, 4.69) is 5.32 Å². The number of ether oxygens (including phenoxy) is 1. The summed E-state index contributed by atoms with van der Waals surface area (Å²) in [4.78, 5) is 25.0. The molecule has 1 saturated carbocycles. The first-order valence-corrected chi connectivity index (χ1v) is 11.4. The molecule has 3 atom stereocenters. The van der Waals surface area contributed by atoms with Gasteiger partial charge in [-0.25, -0.2) is 0 Å². The molecule has 1 amide bonds. The quantitative estimate of drug-likeness (QED) is 0.381. The van der Waals surface area contributed by atoms with Gasteiger partial charge in [0.1, 0.15) is 0 Å². The second-order valence-corrected chi connectivity index (χ2v) is 9.23. The van der Waals surface area contributed by atoms with Crippen LogP contribution in [0.4, 0.5) is 18.9 Å². The van der Waals surface area contributed by atoms with E-state index >= 15 is 0 Å². The molecule has 0 aliphatic heterocycles. The molecule has 0 bridgehead atoms. The fourth-order valence-corrected chi connectivity index (χ4v) is 4.29. The highest BCUT2D eigenvalue weighted by atomic mass is 35.5. The molecule has 1 aliphatic carbocycles. The van der Waals surface area contributed by atoms with E-state index in [0.29, 0.717) is 23.4 Å². The molecular weight excluding hydrogens is 494 g/mol. The average Bonchev–Trinajstić information content (AvgIpc) is 3.56. The number of rotatable bonds is 9. The minimum atomic E-state index is -4.63. The number of nitrogens with one attached hydrogen (secondary N) is 1. The first-order valence-electron chi connectivity index (χ1n) is 10.7. The van der Waals surface area contributed by atoms with Gasteiger partial charge in [0.05, 0.1) is 34.1 Å². The molecule has 0 saturated heterocycles. The Hall–Kier alpha value is -2.29. The van der Waals surface area contributed by atoms with Gasteiger partial charge in [-0.3, -0.25) is 9.59 Å². The fourth-order valence-electron chi connectivity index (χ4n) is 4.00. The molecular formula is C24H24Cl2F3NO4. The van der Waals surface area contributed by atoms with Crippen LogP contribution >= 0.6 is 23.2 Å². The maximum absolute atomic E-state index is 13.6. The van der Waals surface area contributed by atoms with E-state index in [0.717, 1.165) is 6.92 Å². The minimum absolute atomic E-state index is 0.0726. The average molecular weight is 518 g/mol. The number of carbonyl (C=O) groups excluding carboxylic acids is 1. The van der Waals surface area contributed by atoms with Gasteiger partial charge in [0, 0.05) is 11.6 Å². The highest BCUT2D eigenvalue weighted by molar-refractivity contribution is 6.33. The van der Waals surface area contributed by atoms with Gasteiger partial charge in [0.15, 0.2) is 0 Å². The molecule has 3 rings (SSSR count). The predicted molar refractivity (Wildman–Crippen MR) is 123 cm³/mol. The molecule has 1 fully saturated rings. The van der Waals surface area contributed by atoms with Crippen LogP contribution in [0.1, 0.15) is 49.8 Å². The van der Waals surface area contributed by atoms with E-state index in [1.165, 1.54) is 36.4 Å². The highest BCUT2D eigenvalue weighted by Crippen LogP contribution is 2.57. The molecule has 34 heavy (non-hydrogen) atoms. The van der Waals surface area contributed by atoms with Crippen LogP contribution in [0.15, 0.2) is 42.5 Å². The first kappa shape index (κ1) is 26.3. The van der Waals surface area contributed by atoms with Crippen LogP contribution in [0.5, 0.6) is 0 Å². The summed E-state index contributed by atoms with van der Waals surface area (Å²) >= 11 is 12.1. The third-order valence-electron chi connectivity index (χ3n) is 6.13. The number of anilines is 1. The monoisotopic (exact) mass is 517 g/mol. The van der Waals surface area contributed by atoms with Crippen LogP contribution in [0.2, 0.25) is 10.0 Å². The topological polar surface area (TPSA) is 75.6 Å². The van der Waals surface area contributed by atoms with Crippen molar-refractivity contribution in [1.82, 2.24) is 0 Å². The summed E-state index contributed by atoms with van der Waals surface area (Å²) in [7, 11) is 0. The third kappa shape index (κ3) is 5.50. The van der Waals surface area contributed by atoms with E-state index in [1.54, 1.807) is 13.0 Å². The molecule has 0 aromatic heterocycles. The molecule has 2 aromatic rings. The molecule has 10 heteroatoms. The van der Waals surface area contributed by atoms with E-state index < -0.39 is 41.4 Å². The van der Waals surface area contributed by atoms with Crippen molar-refractivity contribution in [3.8, 4) is 0 Å². The molecule has 1 aliphatic rings. The summed E-state index contributed by atoms with van der Waals surface area (Å²) in [5, 5.41) is 12.6. The van der Waals surface area contributed by atoms with Crippen LogP contribution in [-0.4, -0.2) is 29.8 Å². The van der Waals surface area contributed by atoms with Crippen molar-refractivity contribution < 1.29 is 32.6 Å². The van der Waals surface area contributed by atoms with E-state index in [4.69, 9.17) is 27.9 Å². The maximum atomic E-state index is 13.6. The van der Waals surface area contributed by atoms with Gasteiger partial charge in [-0.15, -0.1) is 0 Å². The number of halogens is 5. The second kappa shape index (κ2) is 10.1. The Labute approximate surface area is 205 Å². The summed E-state index contributed by atoms with van der Waals surface area (Å²) in [6.45, 7) is 2.93. The molecule has 0 spiro atoms. The number of alkyl halides is 3. The number of hydrogen-bond acceptors (Lipinski definition) is 3. The number of aliphatic carboxylic acids is 1. The summed E-state index contributed by atoms with van der Waals surface area (Å²) in [5.41, 5.74) is -0.396. The Morgan fingerprint density at radius 3 is 2.21 bits per heavy atom. The standard InChI is InChI=1S/C24H24Cl2F3NO4/c1-3-34-20(23(10-11-23)22(32)33)15-6-9-17(26)18(12-15)30-21(31)19(13(2)24(27,28)29)14-4-7-16(25)8-5-14/h4-9,12-13,19-20H,3,10-11H2,1-2H3,(H,30,31)(H,32,33)/t13-,19+,20?/m1/s1. The van der Waals surface area contributed by atoms with Crippen LogP contribution in [-0.2, 0) is 14.3 Å². The Bertz CT molecular complexity index is 1060. The van der Waals surface area contributed by atoms with Crippen molar-refractivity contribution in [3.63, 3.8) is 0 Å². The van der Waals surface area contributed by atoms with Crippen molar-refractivity contribution in [2.24, 2.45) is 11.3 Å². The van der Waals surface area contributed by atoms with Crippen molar-refractivity contribution in [1.29, 1.82) is 0 Å². The summed E-state index contributed by atoms with van der Waals surface area (Å²) in [6, 6.07) is 10.1. The Balaban J connectivity index is 1.95. The van der Waals surface area contributed by atoms with Crippen LogP contribution in [0.3, 0.4) is 0 Å². The van der Waals surface area contributed by atoms with Crippen molar-refractivity contribution in [3.05, 3.63) is 63.6 Å². The number of benzene rings is 2. The number of carboxylic acid groups (broad SMARTS) is 1. The van der Waals surface area contributed by atoms with Gasteiger partial charge in [-0.2, -0.15) is 13.2 Å². The Morgan fingerprint density at radius 2 is 1.71 bits per heavy atom. The van der Waals surface area contributed by atoms with Crippen molar-refractivity contribution >= 4 is 40.8 Å². The zero-order valence-corrected chi connectivity index (χ0v) is 20.0. The summed E-state index contributed by atoms with van der Waals surface area (Å²) < 4.78 is 46.6. The van der Waals surface area contributed by atoms with E-state index in [1.807, 2.05) is 0 Å². The number of carbonyl (C=O) groups is 2. The maximum Gasteiger partial charge on any atom is 0.392 e. The van der Waals surface area contributed by atoms with Crippen LogP contribution in [0.25, 0.3) is 0 Å². The molecule has 1 unspecified atom stereocenters. The lowest BCUT2D eigenvalue weighted by Gasteiger charge is -2.27. The molecule has 2 N–H and O–H groups in total. The Kier molecular flexibility index (Phi) is 7.85. The minimum Gasteiger partial charge on any atom is -0.481 e. The molecule has 184 valence electrons. The zero-order valence-electron chi connectivity index (χ0n) is 18.5. The van der Waals surface area contributed by atoms with Gasteiger partial charge < -0.3 is 15.2 Å². The van der Waals surface area contributed by atoms with Crippen LogP contribution in [0, 0.1) is 11.3 Å². The number of amides is 1. The summed E-state index contributed by atoms with van der Waals surface area (Å²) in [6.07, 6.45) is -4.56. The Morgan fingerprint density at radius 1 is 1.12 bits per heavy atom. The van der Waals surface area contributed by atoms with Gasteiger partial charge in [-0.05, 0) is 55.2 Å². The van der Waals surface area contributed by atoms with Crippen LogP contribution < -0.4 is 5.32 Å². The zero-order chi connectivity index (χ0) is 25.3. The van der Waals surface area contributed by atoms with Gasteiger partial charge in [-0.1, -0.05) is 48.3 Å².